The van der Waals surface area contributed by atoms with Gasteiger partial charge in [0.25, 0.3) is 11.6 Å². The molecule has 2 aromatic rings. The van der Waals surface area contributed by atoms with Crippen LogP contribution in [0.15, 0.2) is 24.3 Å². The van der Waals surface area contributed by atoms with E-state index in [-0.39, 0.29) is 18.1 Å². The molecule has 0 radical (unpaired) electrons. The average Bonchev–Trinajstić information content (AvgIpc) is 2.75. The van der Waals surface area contributed by atoms with E-state index in [9.17, 15) is 14.9 Å². The van der Waals surface area contributed by atoms with Gasteiger partial charge in [-0.1, -0.05) is 6.07 Å². The highest BCUT2D eigenvalue weighted by atomic mass is 16.6. The molecule has 2 rings (SSSR count). The zero-order valence-electron chi connectivity index (χ0n) is 12.1. The molecule has 0 spiro atoms. The smallest absolute Gasteiger partial charge is 0.273 e. The van der Waals surface area contributed by atoms with E-state index in [1.165, 1.54) is 12.1 Å². The van der Waals surface area contributed by atoms with E-state index in [0.717, 1.165) is 11.4 Å². The Kier molecular flexibility index (Phi) is 4.02. The number of hydrogen-bond acceptors (Lipinski definition) is 4. The van der Waals surface area contributed by atoms with Crippen LogP contribution in [0.2, 0.25) is 0 Å². The van der Waals surface area contributed by atoms with Crippen LogP contribution in [-0.2, 0) is 13.6 Å². The summed E-state index contributed by atoms with van der Waals surface area (Å²) in [7, 11) is 1.82. The number of benzene rings is 1. The lowest BCUT2D eigenvalue weighted by atomic mass is 10.1. The van der Waals surface area contributed by atoms with E-state index in [1.54, 1.807) is 17.7 Å². The fourth-order valence-electron chi connectivity index (χ4n) is 2.05. The fourth-order valence-corrected chi connectivity index (χ4v) is 2.05. The number of rotatable bonds is 4. The lowest BCUT2D eigenvalue weighted by Gasteiger charge is -2.06. The number of hydrogen-bond donors (Lipinski definition) is 1. The van der Waals surface area contributed by atoms with Crippen molar-refractivity contribution in [3.8, 4) is 0 Å². The number of nitro benzene ring substituents is 1. The molecular weight excluding hydrogens is 272 g/mol. The predicted octanol–water partition coefficient (Wildman–Crippen LogP) is 1.88. The Balaban J connectivity index is 2.14. The maximum Gasteiger partial charge on any atom is 0.273 e. The van der Waals surface area contributed by atoms with Crippen LogP contribution in [0.4, 0.5) is 5.69 Å². The van der Waals surface area contributed by atoms with Gasteiger partial charge in [0.1, 0.15) is 0 Å². The molecule has 0 atom stereocenters. The van der Waals surface area contributed by atoms with Crippen LogP contribution in [0, 0.1) is 24.0 Å². The Labute approximate surface area is 121 Å². The Morgan fingerprint density at radius 1 is 1.43 bits per heavy atom. The number of carbonyl (C=O) groups is 1. The first kappa shape index (κ1) is 14.7. The van der Waals surface area contributed by atoms with Crippen LogP contribution >= 0.6 is 0 Å². The Morgan fingerprint density at radius 2 is 2.14 bits per heavy atom. The highest BCUT2D eigenvalue weighted by Gasteiger charge is 2.17. The van der Waals surface area contributed by atoms with Gasteiger partial charge < -0.3 is 5.32 Å². The second kappa shape index (κ2) is 5.74. The van der Waals surface area contributed by atoms with Crippen molar-refractivity contribution in [3.05, 3.63) is 56.9 Å². The molecule has 1 N–H and O–H groups in total. The molecule has 0 bridgehead atoms. The van der Waals surface area contributed by atoms with E-state index < -0.39 is 4.92 Å². The lowest BCUT2D eigenvalue weighted by molar-refractivity contribution is -0.385. The van der Waals surface area contributed by atoms with Crippen molar-refractivity contribution < 1.29 is 9.72 Å². The standard InChI is InChI=1S/C14H16N4O3/c1-9-7-11(16-17(9)3)8-15-14(19)12-5-4-6-13(10(12)2)18(20)21/h4-7H,8H2,1-3H3,(H,15,19). The predicted molar refractivity (Wildman–Crippen MR) is 76.9 cm³/mol. The minimum atomic E-state index is -0.492. The molecule has 21 heavy (non-hydrogen) atoms. The SMILES string of the molecule is Cc1c(C(=O)NCc2cc(C)n(C)n2)cccc1[N+](=O)[O-]. The Morgan fingerprint density at radius 3 is 2.71 bits per heavy atom. The molecule has 0 aliphatic rings. The summed E-state index contributed by atoms with van der Waals surface area (Å²) in [5.41, 5.74) is 2.34. The van der Waals surface area contributed by atoms with E-state index >= 15 is 0 Å². The van der Waals surface area contributed by atoms with Crippen LogP contribution in [0.1, 0.15) is 27.3 Å². The van der Waals surface area contributed by atoms with E-state index in [2.05, 4.69) is 10.4 Å². The molecule has 0 aliphatic carbocycles. The molecule has 0 aliphatic heterocycles. The molecule has 1 heterocycles. The molecule has 1 amide bonds. The van der Waals surface area contributed by atoms with E-state index in [4.69, 9.17) is 0 Å². The quantitative estimate of drug-likeness (QED) is 0.687. The molecule has 0 saturated carbocycles. The number of amides is 1. The van der Waals surface area contributed by atoms with Crippen LogP contribution in [-0.4, -0.2) is 20.6 Å². The third kappa shape index (κ3) is 3.07. The van der Waals surface area contributed by atoms with E-state index in [1.807, 2.05) is 20.0 Å². The lowest BCUT2D eigenvalue weighted by Crippen LogP contribution is -2.24. The third-order valence-corrected chi connectivity index (χ3v) is 3.34. The van der Waals surface area contributed by atoms with Crippen molar-refractivity contribution >= 4 is 11.6 Å². The second-order valence-electron chi connectivity index (χ2n) is 4.79. The second-order valence-corrected chi connectivity index (χ2v) is 4.79. The molecule has 1 aromatic heterocycles. The van der Waals surface area contributed by atoms with Crippen LogP contribution in [0.5, 0.6) is 0 Å². The molecule has 1 aromatic carbocycles. The number of aryl methyl sites for hydroxylation is 2. The van der Waals surface area contributed by atoms with Crippen molar-refractivity contribution in [1.82, 2.24) is 15.1 Å². The normalized spacial score (nSPS) is 10.4. The maximum absolute atomic E-state index is 12.1. The highest BCUT2D eigenvalue weighted by Crippen LogP contribution is 2.20. The van der Waals surface area contributed by atoms with Gasteiger partial charge in [-0.3, -0.25) is 19.6 Å². The summed E-state index contributed by atoms with van der Waals surface area (Å²) < 4.78 is 1.72. The van der Waals surface area contributed by atoms with Crippen LogP contribution in [0.25, 0.3) is 0 Å². The van der Waals surface area contributed by atoms with Gasteiger partial charge in [0.2, 0.25) is 0 Å². The molecule has 7 heteroatoms. The van der Waals surface area contributed by atoms with E-state index in [0.29, 0.717) is 11.1 Å². The number of aromatic nitrogens is 2. The van der Waals surface area contributed by atoms with Gasteiger partial charge in [-0.2, -0.15) is 5.10 Å². The van der Waals surface area contributed by atoms with Crippen molar-refractivity contribution in [3.63, 3.8) is 0 Å². The molecule has 0 unspecified atom stereocenters. The number of nitrogens with one attached hydrogen (secondary N) is 1. The summed E-state index contributed by atoms with van der Waals surface area (Å²) in [5, 5.41) is 17.8. The number of nitro groups is 1. The molecule has 7 nitrogen and oxygen atoms in total. The summed E-state index contributed by atoms with van der Waals surface area (Å²) in [4.78, 5) is 22.5. The summed E-state index contributed by atoms with van der Waals surface area (Å²) in [5.74, 6) is -0.348. The van der Waals surface area contributed by atoms with Crippen LogP contribution in [0.3, 0.4) is 0 Å². The Hall–Kier alpha value is -2.70. The monoisotopic (exact) mass is 288 g/mol. The number of carbonyl (C=O) groups excluding carboxylic acids is 1. The van der Waals surface area contributed by atoms with Crippen molar-refractivity contribution in [2.75, 3.05) is 0 Å². The largest absolute Gasteiger partial charge is 0.346 e. The van der Waals surface area contributed by atoms with Crippen LogP contribution < -0.4 is 5.32 Å². The van der Waals surface area contributed by atoms with Gasteiger partial charge in [-0.15, -0.1) is 0 Å². The van der Waals surface area contributed by atoms with Crippen molar-refractivity contribution in [1.29, 1.82) is 0 Å². The zero-order valence-corrected chi connectivity index (χ0v) is 12.1. The minimum absolute atomic E-state index is 0.0590. The average molecular weight is 288 g/mol. The summed E-state index contributed by atoms with van der Waals surface area (Å²) in [6, 6.07) is 6.33. The van der Waals surface area contributed by atoms with Crippen molar-refractivity contribution in [2.45, 2.75) is 20.4 Å². The first-order valence-electron chi connectivity index (χ1n) is 6.42. The van der Waals surface area contributed by atoms with Gasteiger partial charge in [-0.05, 0) is 26.0 Å². The minimum Gasteiger partial charge on any atom is -0.346 e. The summed E-state index contributed by atoms with van der Waals surface area (Å²) in [6.07, 6.45) is 0. The first-order valence-corrected chi connectivity index (χ1v) is 6.42. The van der Waals surface area contributed by atoms with Gasteiger partial charge in [0.15, 0.2) is 0 Å². The summed E-state index contributed by atoms with van der Waals surface area (Å²) >= 11 is 0. The number of nitrogens with zero attached hydrogens (tertiary/aromatic N) is 3. The molecule has 110 valence electrons. The highest BCUT2D eigenvalue weighted by molar-refractivity contribution is 5.96. The van der Waals surface area contributed by atoms with Gasteiger partial charge >= 0.3 is 0 Å². The van der Waals surface area contributed by atoms with Gasteiger partial charge in [0.05, 0.1) is 17.2 Å². The Bertz CT molecular complexity index is 687. The topological polar surface area (TPSA) is 90.1 Å². The molecular formula is C14H16N4O3. The van der Waals surface area contributed by atoms with Gasteiger partial charge in [0, 0.05) is 29.9 Å². The first-order chi connectivity index (χ1) is 9.90. The third-order valence-electron chi connectivity index (χ3n) is 3.34. The molecule has 0 saturated heterocycles. The van der Waals surface area contributed by atoms with Crippen molar-refractivity contribution in [2.24, 2.45) is 7.05 Å². The zero-order chi connectivity index (χ0) is 15.6. The summed E-state index contributed by atoms with van der Waals surface area (Å²) in [6.45, 7) is 3.77. The molecule has 0 fully saturated rings. The van der Waals surface area contributed by atoms with Gasteiger partial charge in [-0.25, -0.2) is 0 Å². The maximum atomic E-state index is 12.1. The fraction of sp³-hybridized carbons (Fsp3) is 0.286.